The SMILES string of the molecule is CC#CC#CC#CC#CC#CC#CC#CC#CC#CC#CC=C=O. The highest BCUT2D eigenvalue weighted by atomic mass is 16.1. The Morgan fingerprint density at radius 3 is 1.04 bits per heavy atom. The van der Waals surface area contributed by atoms with Crippen LogP contribution >= 0.6 is 0 Å². The molecular weight excluding hydrogens is 292 g/mol. The molecule has 1 nitrogen and oxygen atoms in total. The van der Waals surface area contributed by atoms with E-state index in [4.69, 9.17) is 0 Å². The second-order valence-corrected chi connectivity index (χ2v) is 2.91. The molecule has 0 aliphatic carbocycles. The van der Waals surface area contributed by atoms with Crippen LogP contribution in [0.1, 0.15) is 6.92 Å². The molecule has 0 bridgehead atoms. The summed E-state index contributed by atoms with van der Waals surface area (Å²) in [5.41, 5.74) is 0. The summed E-state index contributed by atoms with van der Waals surface area (Å²) in [5, 5.41) is 0. The normalized spacial score (nSPS) is 4.04. The van der Waals surface area contributed by atoms with Gasteiger partial charge in [0.25, 0.3) is 0 Å². The predicted molar refractivity (Wildman–Crippen MR) is 93.7 cm³/mol. The van der Waals surface area contributed by atoms with E-state index in [9.17, 15) is 4.79 Å². The molecule has 0 saturated carbocycles. The molecule has 0 aromatic rings. The van der Waals surface area contributed by atoms with E-state index >= 15 is 0 Å². The molecule has 0 heterocycles. The summed E-state index contributed by atoms with van der Waals surface area (Å²) in [6, 6.07) is 0. The molecule has 0 amide bonds. The average Bonchev–Trinajstić information content (AvgIpc) is 2.60. The maximum atomic E-state index is 9.77. The van der Waals surface area contributed by atoms with Crippen LogP contribution in [-0.4, -0.2) is 5.94 Å². The van der Waals surface area contributed by atoms with Gasteiger partial charge in [0.05, 0.1) is 6.08 Å². The van der Waals surface area contributed by atoms with Gasteiger partial charge in [-0.1, -0.05) is 5.92 Å². The number of hydrogen-bond donors (Lipinski definition) is 0. The first-order valence-electron chi connectivity index (χ1n) is 6.03. The van der Waals surface area contributed by atoms with Crippen molar-refractivity contribution in [1.82, 2.24) is 0 Å². The first-order valence-corrected chi connectivity index (χ1v) is 6.03. The molecule has 0 aliphatic rings. The summed E-state index contributed by atoms with van der Waals surface area (Å²) >= 11 is 0. The number of hydrogen-bond acceptors (Lipinski definition) is 1. The summed E-state index contributed by atoms with van der Waals surface area (Å²) in [5.74, 6) is 51.0. The van der Waals surface area contributed by atoms with Crippen LogP contribution < -0.4 is 0 Å². The second kappa shape index (κ2) is 18.0. The summed E-state index contributed by atoms with van der Waals surface area (Å²) in [7, 11) is 0. The topological polar surface area (TPSA) is 17.1 Å². The second-order valence-electron chi connectivity index (χ2n) is 2.91. The summed E-state index contributed by atoms with van der Waals surface area (Å²) in [6.45, 7) is 1.69. The Morgan fingerprint density at radius 1 is 0.458 bits per heavy atom. The largest absolute Gasteiger partial charge is 0.233 e. The van der Waals surface area contributed by atoms with E-state index in [1.54, 1.807) is 6.92 Å². The van der Waals surface area contributed by atoms with E-state index in [2.05, 4.69) is 118 Å². The van der Waals surface area contributed by atoms with Crippen LogP contribution in [0, 0.1) is 118 Å². The molecule has 0 aromatic carbocycles. The maximum absolute atomic E-state index is 9.77. The van der Waals surface area contributed by atoms with Crippen molar-refractivity contribution in [3.8, 4) is 118 Å². The molecule has 0 aromatic heterocycles. The molecule has 24 heavy (non-hydrogen) atoms. The minimum absolute atomic E-state index is 1.02. The molecule has 1 heteroatoms. The predicted octanol–water partition coefficient (Wildman–Crippen LogP) is 0.428. The average molecular weight is 296 g/mol. The molecule has 0 radical (unpaired) electrons. The van der Waals surface area contributed by atoms with Crippen molar-refractivity contribution in [2.75, 3.05) is 0 Å². The molecule has 0 saturated heterocycles. The van der Waals surface area contributed by atoms with Gasteiger partial charge in [-0.25, -0.2) is 4.79 Å². The summed E-state index contributed by atoms with van der Waals surface area (Å²) in [4.78, 5) is 9.77. The molecule has 0 rings (SSSR count). The molecule has 0 atom stereocenters. The Bertz CT molecular complexity index is 1150. The van der Waals surface area contributed by atoms with E-state index < -0.39 is 0 Å². The van der Waals surface area contributed by atoms with Crippen molar-refractivity contribution >= 4 is 5.94 Å². The molecule has 0 aliphatic heterocycles. The van der Waals surface area contributed by atoms with Crippen LogP contribution in [0.15, 0.2) is 6.08 Å². The monoisotopic (exact) mass is 296 g/mol. The van der Waals surface area contributed by atoms with E-state index in [1.165, 1.54) is 5.94 Å². The molecule has 0 fully saturated rings. The van der Waals surface area contributed by atoms with Crippen LogP contribution in [-0.2, 0) is 4.79 Å². The lowest BCUT2D eigenvalue weighted by Crippen LogP contribution is -1.56. The Balaban J connectivity index is 4.40. The third kappa shape index (κ3) is 17.1. The van der Waals surface area contributed by atoms with E-state index in [1.807, 2.05) is 0 Å². The van der Waals surface area contributed by atoms with E-state index in [0.29, 0.717) is 0 Å². The summed E-state index contributed by atoms with van der Waals surface area (Å²) < 4.78 is 0. The first-order chi connectivity index (χ1) is 11.9. The van der Waals surface area contributed by atoms with Gasteiger partial charge in [0.1, 0.15) is 5.94 Å². The van der Waals surface area contributed by atoms with Gasteiger partial charge in [-0.15, -0.1) is 0 Å². The zero-order valence-corrected chi connectivity index (χ0v) is 12.5. The van der Waals surface area contributed by atoms with Gasteiger partial charge < -0.3 is 0 Å². The van der Waals surface area contributed by atoms with Gasteiger partial charge in [-0.05, 0) is 108 Å². The van der Waals surface area contributed by atoms with Gasteiger partial charge in [-0.2, -0.15) is 0 Å². The highest BCUT2D eigenvalue weighted by molar-refractivity contribution is 5.53. The van der Waals surface area contributed by atoms with E-state index in [-0.39, 0.29) is 0 Å². The molecule has 0 unspecified atom stereocenters. The minimum atomic E-state index is 1.02. The van der Waals surface area contributed by atoms with Gasteiger partial charge in [0, 0.05) is 11.8 Å². The maximum Gasteiger partial charge on any atom is 0.133 e. The lowest BCUT2D eigenvalue weighted by Gasteiger charge is -1.57. The fourth-order valence-corrected chi connectivity index (χ4v) is 0.664. The molecular formula is C23H4O. The van der Waals surface area contributed by atoms with Crippen molar-refractivity contribution in [2.45, 2.75) is 6.92 Å². The minimum Gasteiger partial charge on any atom is -0.233 e. The lowest BCUT2D eigenvalue weighted by atomic mass is 10.4. The standard InChI is InChI=1S/C23H4O/c1-2-3-4-5-6-7-8-9-10-11-12-13-14-15-16-17-18-19-20-21-22-23-24/h22H,1H3. The van der Waals surface area contributed by atoms with Crippen molar-refractivity contribution in [1.29, 1.82) is 0 Å². The molecule has 0 N–H and O–H groups in total. The van der Waals surface area contributed by atoms with Crippen molar-refractivity contribution in [3.05, 3.63) is 6.08 Å². The first kappa shape index (κ1) is 19.0. The molecule has 102 valence electrons. The number of rotatable bonds is 0. The van der Waals surface area contributed by atoms with Crippen LogP contribution in [0.2, 0.25) is 0 Å². The zero-order valence-electron chi connectivity index (χ0n) is 12.5. The van der Waals surface area contributed by atoms with Gasteiger partial charge >= 0.3 is 0 Å². The Kier molecular flexibility index (Phi) is 14.3. The Hall–Kier alpha value is -4.95. The lowest BCUT2D eigenvalue weighted by molar-refractivity contribution is 0.569. The number of allylic oxidation sites excluding steroid dienone is 1. The van der Waals surface area contributed by atoms with Crippen molar-refractivity contribution in [3.63, 3.8) is 0 Å². The fraction of sp³-hybridized carbons (Fsp3) is 0.0435. The third-order valence-electron chi connectivity index (χ3n) is 1.39. The van der Waals surface area contributed by atoms with Crippen molar-refractivity contribution < 1.29 is 4.79 Å². The van der Waals surface area contributed by atoms with Gasteiger partial charge in [0.2, 0.25) is 0 Å². The highest BCUT2D eigenvalue weighted by Gasteiger charge is 1.58. The van der Waals surface area contributed by atoms with Crippen LogP contribution in [0.25, 0.3) is 0 Å². The van der Waals surface area contributed by atoms with E-state index in [0.717, 1.165) is 6.08 Å². The van der Waals surface area contributed by atoms with Crippen molar-refractivity contribution in [2.24, 2.45) is 0 Å². The third-order valence-corrected chi connectivity index (χ3v) is 1.39. The van der Waals surface area contributed by atoms with Crippen LogP contribution in [0.4, 0.5) is 0 Å². The smallest absolute Gasteiger partial charge is 0.133 e. The van der Waals surface area contributed by atoms with Crippen LogP contribution in [0.3, 0.4) is 0 Å². The Morgan fingerprint density at radius 2 is 0.750 bits per heavy atom. The highest BCUT2D eigenvalue weighted by Crippen LogP contribution is 1.59. The number of carbonyl (C=O) groups excluding carboxylic acids is 1. The van der Waals surface area contributed by atoms with Gasteiger partial charge in [0.15, 0.2) is 0 Å². The quantitative estimate of drug-likeness (QED) is 0.468. The van der Waals surface area contributed by atoms with Crippen LogP contribution in [0.5, 0.6) is 0 Å². The fourth-order valence-electron chi connectivity index (χ4n) is 0.664. The summed E-state index contributed by atoms with van der Waals surface area (Å²) in [6.07, 6.45) is 1.02. The Labute approximate surface area is 142 Å². The zero-order chi connectivity index (χ0) is 17.6. The van der Waals surface area contributed by atoms with Gasteiger partial charge in [-0.3, -0.25) is 0 Å². The molecule has 0 spiro atoms.